The van der Waals surface area contributed by atoms with Gasteiger partial charge in [0, 0.05) is 12.0 Å². The van der Waals surface area contributed by atoms with Crippen LogP contribution in [0.3, 0.4) is 0 Å². The van der Waals surface area contributed by atoms with Crippen LogP contribution >= 0.6 is 11.6 Å². The average molecular weight is 116 g/mol. The van der Waals surface area contributed by atoms with Gasteiger partial charge in [-0.3, -0.25) is 0 Å². The molecule has 0 fully saturated rings. The molecule has 0 N–H and O–H groups in total. The zero-order chi connectivity index (χ0) is 5.70. The Morgan fingerprint density at radius 2 is 2.57 bits per heavy atom. The van der Waals surface area contributed by atoms with Crippen molar-refractivity contribution in [1.82, 2.24) is 0 Å². The van der Waals surface area contributed by atoms with E-state index in [0.717, 1.165) is 5.57 Å². The molecule has 0 aromatic carbocycles. The van der Waals surface area contributed by atoms with E-state index in [4.69, 9.17) is 16.9 Å². The third kappa shape index (κ3) is 3.35. The Balaban J connectivity index is 3.56. The number of hydrogen-bond acceptors (Lipinski definition) is 1. The van der Waals surface area contributed by atoms with Crippen molar-refractivity contribution in [1.29, 1.82) is 5.26 Å². The molecule has 0 heterocycles. The fourth-order valence-corrected chi connectivity index (χ4v) is 0.226. The second-order valence-electron chi connectivity index (χ2n) is 1.25. The molecule has 0 aliphatic heterocycles. The zero-order valence-corrected chi connectivity index (χ0v) is 4.87. The largest absolute Gasteiger partial charge is 0.193 e. The lowest BCUT2D eigenvalue weighted by molar-refractivity contribution is 1.39. The zero-order valence-electron chi connectivity index (χ0n) is 4.11. The third-order valence-corrected chi connectivity index (χ3v) is 0.943. The molecule has 7 heavy (non-hydrogen) atoms. The molecule has 0 aromatic rings. The molecular formula is C5H6ClN. The minimum atomic E-state index is 0.452. The third-order valence-electron chi connectivity index (χ3n) is 0.522. The van der Waals surface area contributed by atoms with Crippen LogP contribution in [0, 0.1) is 11.3 Å². The first-order chi connectivity index (χ1) is 3.31. The molecule has 0 unspecified atom stereocenters. The number of alkyl halides is 1. The topological polar surface area (TPSA) is 23.8 Å². The van der Waals surface area contributed by atoms with E-state index in [-0.39, 0.29) is 0 Å². The fourth-order valence-electron chi connectivity index (χ4n) is 0.149. The van der Waals surface area contributed by atoms with Crippen molar-refractivity contribution in [2.75, 3.05) is 5.88 Å². The first-order valence-electron chi connectivity index (χ1n) is 1.92. The van der Waals surface area contributed by atoms with E-state index in [9.17, 15) is 0 Å². The first-order valence-corrected chi connectivity index (χ1v) is 2.46. The van der Waals surface area contributed by atoms with Crippen LogP contribution in [0.1, 0.15) is 6.92 Å². The van der Waals surface area contributed by atoms with Crippen LogP contribution in [0.2, 0.25) is 0 Å². The van der Waals surface area contributed by atoms with E-state index in [2.05, 4.69) is 0 Å². The molecule has 0 rings (SSSR count). The Labute approximate surface area is 48.2 Å². The van der Waals surface area contributed by atoms with Crippen LogP contribution < -0.4 is 0 Å². The molecule has 0 aromatic heterocycles. The molecular weight excluding hydrogens is 110 g/mol. The van der Waals surface area contributed by atoms with Gasteiger partial charge in [0.05, 0.1) is 6.07 Å². The Bertz CT molecular complexity index is 110. The molecule has 0 atom stereocenters. The summed E-state index contributed by atoms with van der Waals surface area (Å²) in [5, 5.41) is 7.98. The van der Waals surface area contributed by atoms with Gasteiger partial charge in [-0.2, -0.15) is 5.26 Å². The maximum absolute atomic E-state index is 7.98. The van der Waals surface area contributed by atoms with Crippen LogP contribution in [-0.4, -0.2) is 5.88 Å². The van der Waals surface area contributed by atoms with Gasteiger partial charge in [-0.05, 0) is 12.5 Å². The minimum absolute atomic E-state index is 0.452. The second kappa shape index (κ2) is 3.70. The Hall–Kier alpha value is -0.480. The SMILES string of the molecule is CC(=CC#N)CCl. The van der Waals surface area contributed by atoms with E-state index in [1.807, 2.05) is 13.0 Å². The maximum atomic E-state index is 7.98. The van der Waals surface area contributed by atoms with Gasteiger partial charge < -0.3 is 0 Å². The first kappa shape index (κ1) is 6.52. The fraction of sp³-hybridized carbons (Fsp3) is 0.400. The predicted molar refractivity (Wildman–Crippen MR) is 30.1 cm³/mol. The predicted octanol–water partition coefficient (Wildman–Crippen LogP) is 1.70. The van der Waals surface area contributed by atoms with Gasteiger partial charge in [0.2, 0.25) is 0 Å². The molecule has 0 aliphatic rings. The summed E-state index contributed by atoms with van der Waals surface area (Å²) in [5.41, 5.74) is 0.907. The summed E-state index contributed by atoms with van der Waals surface area (Å²) in [7, 11) is 0. The number of rotatable bonds is 1. The monoisotopic (exact) mass is 115 g/mol. The van der Waals surface area contributed by atoms with E-state index in [1.54, 1.807) is 0 Å². The smallest absolute Gasteiger partial charge is 0.0911 e. The minimum Gasteiger partial charge on any atom is -0.193 e. The molecule has 1 nitrogen and oxygen atoms in total. The van der Waals surface area contributed by atoms with Crippen molar-refractivity contribution in [3.63, 3.8) is 0 Å². The highest BCUT2D eigenvalue weighted by Crippen LogP contribution is 1.92. The summed E-state index contributed by atoms with van der Waals surface area (Å²) in [6.45, 7) is 1.82. The lowest BCUT2D eigenvalue weighted by Gasteiger charge is -1.81. The van der Waals surface area contributed by atoms with Gasteiger partial charge in [-0.15, -0.1) is 11.6 Å². The molecule has 38 valence electrons. The van der Waals surface area contributed by atoms with Gasteiger partial charge in [0.15, 0.2) is 0 Å². The standard InChI is InChI=1S/C5H6ClN/c1-5(4-6)2-3-7/h2H,4H2,1H3. The second-order valence-corrected chi connectivity index (χ2v) is 1.52. The molecule has 0 aliphatic carbocycles. The average Bonchev–Trinajstić information content (AvgIpc) is 1.68. The van der Waals surface area contributed by atoms with Crippen LogP contribution in [0.15, 0.2) is 11.6 Å². The Morgan fingerprint density at radius 1 is 2.00 bits per heavy atom. The van der Waals surface area contributed by atoms with E-state index in [1.165, 1.54) is 6.08 Å². The van der Waals surface area contributed by atoms with Crippen LogP contribution in [0.5, 0.6) is 0 Å². The highest BCUT2D eigenvalue weighted by Gasteiger charge is 1.78. The summed E-state index contributed by atoms with van der Waals surface area (Å²) in [6, 6.07) is 1.87. The van der Waals surface area contributed by atoms with E-state index >= 15 is 0 Å². The summed E-state index contributed by atoms with van der Waals surface area (Å²) in [5.74, 6) is 0.452. The summed E-state index contributed by atoms with van der Waals surface area (Å²) < 4.78 is 0. The van der Waals surface area contributed by atoms with Crippen molar-refractivity contribution in [2.45, 2.75) is 6.92 Å². The molecule has 2 heteroatoms. The normalized spacial score (nSPS) is 10.7. The van der Waals surface area contributed by atoms with Crippen molar-refractivity contribution in [2.24, 2.45) is 0 Å². The highest BCUT2D eigenvalue weighted by molar-refractivity contribution is 6.19. The number of halogens is 1. The van der Waals surface area contributed by atoms with Gasteiger partial charge >= 0.3 is 0 Å². The van der Waals surface area contributed by atoms with Crippen LogP contribution in [0.25, 0.3) is 0 Å². The number of nitrogens with zero attached hydrogens (tertiary/aromatic N) is 1. The lowest BCUT2D eigenvalue weighted by atomic mass is 10.3. The van der Waals surface area contributed by atoms with Gasteiger partial charge in [0.1, 0.15) is 0 Å². The number of allylic oxidation sites excluding steroid dienone is 2. The maximum Gasteiger partial charge on any atom is 0.0911 e. The van der Waals surface area contributed by atoms with Crippen LogP contribution in [-0.2, 0) is 0 Å². The summed E-state index contributed by atoms with van der Waals surface area (Å²) in [4.78, 5) is 0. The van der Waals surface area contributed by atoms with Crippen molar-refractivity contribution >= 4 is 11.6 Å². The molecule has 0 bridgehead atoms. The van der Waals surface area contributed by atoms with Gasteiger partial charge in [-0.25, -0.2) is 0 Å². The van der Waals surface area contributed by atoms with Crippen molar-refractivity contribution in [3.8, 4) is 6.07 Å². The quantitative estimate of drug-likeness (QED) is 0.377. The van der Waals surface area contributed by atoms with Crippen molar-refractivity contribution < 1.29 is 0 Å². The number of hydrogen-bond donors (Lipinski definition) is 0. The highest BCUT2D eigenvalue weighted by atomic mass is 35.5. The van der Waals surface area contributed by atoms with E-state index in [0.29, 0.717) is 5.88 Å². The Kier molecular flexibility index (Phi) is 3.45. The molecule has 0 radical (unpaired) electrons. The summed E-state index contributed by atoms with van der Waals surface area (Å²) in [6.07, 6.45) is 1.44. The number of nitriles is 1. The molecule has 0 saturated heterocycles. The van der Waals surface area contributed by atoms with Gasteiger partial charge in [0.25, 0.3) is 0 Å². The molecule has 0 spiro atoms. The molecule has 0 amide bonds. The molecule has 0 saturated carbocycles. The van der Waals surface area contributed by atoms with Crippen molar-refractivity contribution in [3.05, 3.63) is 11.6 Å². The van der Waals surface area contributed by atoms with E-state index < -0.39 is 0 Å². The van der Waals surface area contributed by atoms with Crippen LogP contribution in [0.4, 0.5) is 0 Å². The van der Waals surface area contributed by atoms with Gasteiger partial charge in [-0.1, -0.05) is 0 Å². The Morgan fingerprint density at radius 3 is 2.71 bits per heavy atom. The summed E-state index contributed by atoms with van der Waals surface area (Å²) >= 11 is 5.31. The lowest BCUT2D eigenvalue weighted by Crippen LogP contribution is -1.71.